The molecule has 0 radical (unpaired) electrons. The van der Waals surface area contributed by atoms with Gasteiger partial charge in [-0.25, -0.2) is 13.8 Å². The highest BCUT2D eigenvalue weighted by molar-refractivity contribution is 8.16. The van der Waals surface area contributed by atoms with Gasteiger partial charge in [0.2, 0.25) is 5.91 Å². The Morgan fingerprint density at radius 2 is 1.58 bits per heavy atom. The largest absolute Gasteiger partial charge is 0.325 e. The molecule has 0 spiro atoms. The maximum Gasteiger partial charge on any atom is 0.234 e. The third kappa shape index (κ3) is 4.54. The van der Waals surface area contributed by atoms with Gasteiger partial charge >= 0.3 is 0 Å². The summed E-state index contributed by atoms with van der Waals surface area (Å²) in [4.78, 5) is 21.2. The van der Waals surface area contributed by atoms with Gasteiger partial charge in [0.1, 0.15) is 22.3 Å². The van der Waals surface area contributed by atoms with Gasteiger partial charge < -0.3 is 5.32 Å². The number of halogens is 2. The van der Waals surface area contributed by atoms with Crippen molar-refractivity contribution in [3.05, 3.63) is 65.7 Å². The minimum Gasteiger partial charge on any atom is -0.325 e. The molecular formula is C19H17F2N3OS. The van der Waals surface area contributed by atoms with Crippen LogP contribution in [0.5, 0.6) is 0 Å². The maximum atomic E-state index is 13.2. The van der Waals surface area contributed by atoms with E-state index in [0.717, 1.165) is 5.56 Å². The molecular weight excluding hydrogens is 356 g/mol. The van der Waals surface area contributed by atoms with Crippen LogP contribution in [0.2, 0.25) is 0 Å². The van der Waals surface area contributed by atoms with Crippen LogP contribution in [0.25, 0.3) is 0 Å². The third-order valence-electron chi connectivity index (χ3n) is 3.55. The van der Waals surface area contributed by atoms with Gasteiger partial charge in [-0.3, -0.25) is 9.79 Å². The first kappa shape index (κ1) is 18.3. The van der Waals surface area contributed by atoms with Crippen molar-refractivity contribution in [2.45, 2.75) is 19.5 Å². The monoisotopic (exact) mass is 373 g/mol. The highest BCUT2D eigenvalue weighted by Gasteiger charge is 2.28. The van der Waals surface area contributed by atoms with Crippen molar-refractivity contribution in [1.82, 2.24) is 0 Å². The fourth-order valence-electron chi connectivity index (χ4n) is 2.41. The Labute approximate surface area is 154 Å². The second kappa shape index (κ2) is 7.37. The Bertz CT molecular complexity index is 875. The van der Waals surface area contributed by atoms with Crippen molar-refractivity contribution >= 4 is 34.1 Å². The van der Waals surface area contributed by atoms with E-state index in [9.17, 15) is 13.6 Å². The van der Waals surface area contributed by atoms with E-state index in [1.54, 1.807) is 12.1 Å². The van der Waals surface area contributed by atoms with Crippen molar-refractivity contribution in [3.63, 3.8) is 0 Å². The molecule has 2 aromatic carbocycles. The first-order valence-electron chi connectivity index (χ1n) is 7.97. The fraction of sp³-hybridized carbons (Fsp3) is 0.211. The van der Waals surface area contributed by atoms with Crippen molar-refractivity contribution in [1.29, 1.82) is 0 Å². The summed E-state index contributed by atoms with van der Waals surface area (Å²) >= 11 is 1.26. The second-order valence-electron chi connectivity index (χ2n) is 6.22. The summed E-state index contributed by atoms with van der Waals surface area (Å²) in [6.07, 6.45) is 0. The predicted molar refractivity (Wildman–Crippen MR) is 102 cm³/mol. The summed E-state index contributed by atoms with van der Waals surface area (Å²) < 4.78 is 26.1. The molecule has 0 aliphatic carbocycles. The van der Waals surface area contributed by atoms with Crippen molar-refractivity contribution in [3.8, 4) is 0 Å². The number of aliphatic imine (C=N–C) groups is 2. The summed E-state index contributed by atoms with van der Waals surface area (Å²) in [6, 6.07) is 11.6. The number of carbonyl (C=O) groups is 1. The molecule has 7 heteroatoms. The van der Waals surface area contributed by atoms with Crippen molar-refractivity contribution in [2.75, 3.05) is 11.1 Å². The number of amides is 1. The minimum atomic E-state index is -0.626. The first-order valence-corrected chi connectivity index (χ1v) is 8.95. The summed E-state index contributed by atoms with van der Waals surface area (Å²) in [7, 11) is 0. The quantitative estimate of drug-likeness (QED) is 0.870. The van der Waals surface area contributed by atoms with Gasteiger partial charge in [-0.2, -0.15) is 0 Å². The number of hydrogen-bond donors (Lipinski definition) is 1. The van der Waals surface area contributed by atoms with Gasteiger partial charge in [0.15, 0.2) is 0 Å². The summed E-state index contributed by atoms with van der Waals surface area (Å²) in [6.45, 7) is 3.73. The maximum absolute atomic E-state index is 13.2. The molecule has 0 atom stereocenters. The lowest BCUT2D eigenvalue weighted by Gasteiger charge is -2.07. The number of thioether (sulfide) groups is 1. The Hall–Kier alpha value is -2.54. The topological polar surface area (TPSA) is 53.8 Å². The smallest absolute Gasteiger partial charge is 0.234 e. The summed E-state index contributed by atoms with van der Waals surface area (Å²) in [5.74, 6) is -0.782. The zero-order chi connectivity index (χ0) is 18.7. The number of nitrogens with one attached hydrogen (secondary N) is 1. The van der Waals surface area contributed by atoms with Gasteiger partial charge in [0, 0.05) is 11.3 Å². The molecule has 1 aliphatic heterocycles. The van der Waals surface area contributed by atoms with Gasteiger partial charge in [-0.1, -0.05) is 11.8 Å². The molecule has 134 valence electrons. The van der Waals surface area contributed by atoms with Crippen LogP contribution in [0.1, 0.15) is 19.4 Å². The lowest BCUT2D eigenvalue weighted by Crippen LogP contribution is -2.17. The van der Waals surface area contributed by atoms with Crippen LogP contribution < -0.4 is 5.32 Å². The summed E-state index contributed by atoms with van der Waals surface area (Å²) in [5, 5.41) is 3.34. The Morgan fingerprint density at radius 1 is 1.00 bits per heavy atom. The van der Waals surface area contributed by atoms with E-state index in [-0.39, 0.29) is 23.3 Å². The predicted octanol–water partition coefficient (Wildman–Crippen LogP) is 4.27. The molecule has 1 aliphatic rings. The highest BCUT2D eigenvalue weighted by atomic mass is 32.2. The van der Waals surface area contributed by atoms with E-state index in [2.05, 4.69) is 15.3 Å². The molecule has 2 aromatic rings. The first-order chi connectivity index (χ1) is 12.3. The number of hydrogen-bond acceptors (Lipinski definition) is 4. The number of nitrogens with zero attached hydrogens (tertiary/aromatic N) is 2. The van der Waals surface area contributed by atoms with E-state index in [1.807, 2.05) is 13.8 Å². The number of carbonyl (C=O) groups excluding carboxylic acids is 1. The molecule has 0 unspecified atom stereocenters. The Kier molecular flexibility index (Phi) is 5.18. The molecule has 26 heavy (non-hydrogen) atoms. The zero-order valence-corrected chi connectivity index (χ0v) is 15.1. The van der Waals surface area contributed by atoms with Crippen LogP contribution in [0, 0.1) is 11.6 Å². The fourth-order valence-corrected chi connectivity index (χ4v) is 3.34. The van der Waals surface area contributed by atoms with Crippen LogP contribution >= 0.6 is 11.8 Å². The number of benzene rings is 2. The van der Waals surface area contributed by atoms with Gasteiger partial charge in [0.05, 0.1) is 11.5 Å². The number of rotatable bonds is 4. The van der Waals surface area contributed by atoms with Crippen molar-refractivity contribution < 1.29 is 13.6 Å². The average molecular weight is 373 g/mol. The number of anilines is 1. The zero-order valence-electron chi connectivity index (χ0n) is 14.3. The van der Waals surface area contributed by atoms with Crippen LogP contribution in [0.3, 0.4) is 0 Å². The molecule has 1 heterocycles. The molecule has 0 saturated heterocycles. The molecule has 0 saturated carbocycles. The molecule has 1 N–H and O–H groups in total. The molecule has 0 aromatic heterocycles. The lowest BCUT2D eigenvalue weighted by atomic mass is 10.1. The molecule has 0 fully saturated rings. The van der Waals surface area contributed by atoms with E-state index < -0.39 is 5.66 Å². The van der Waals surface area contributed by atoms with E-state index in [4.69, 9.17) is 0 Å². The van der Waals surface area contributed by atoms with Gasteiger partial charge in [-0.05, 0) is 62.4 Å². The Morgan fingerprint density at radius 3 is 2.19 bits per heavy atom. The van der Waals surface area contributed by atoms with Crippen LogP contribution in [-0.2, 0) is 4.79 Å². The van der Waals surface area contributed by atoms with Gasteiger partial charge in [-0.15, -0.1) is 0 Å². The third-order valence-corrected chi connectivity index (χ3v) is 4.51. The highest BCUT2D eigenvalue weighted by Crippen LogP contribution is 2.27. The minimum absolute atomic E-state index is 0.131. The van der Waals surface area contributed by atoms with E-state index >= 15 is 0 Å². The molecule has 3 rings (SSSR count). The van der Waals surface area contributed by atoms with Crippen LogP contribution in [0.4, 0.5) is 14.5 Å². The van der Waals surface area contributed by atoms with Gasteiger partial charge in [0.25, 0.3) is 0 Å². The van der Waals surface area contributed by atoms with E-state index in [0.29, 0.717) is 16.4 Å². The molecule has 0 bridgehead atoms. The lowest BCUT2D eigenvalue weighted by molar-refractivity contribution is -0.113. The van der Waals surface area contributed by atoms with Crippen LogP contribution in [-0.4, -0.2) is 28.1 Å². The Balaban J connectivity index is 1.67. The molecule has 1 amide bonds. The molecule has 4 nitrogen and oxygen atoms in total. The normalized spacial score (nSPS) is 15.4. The van der Waals surface area contributed by atoms with Crippen LogP contribution in [0.15, 0.2) is 58.5 Å². The second-order valence-corrected chi connectivity index (χ2v) is 7.19. The van der Waals surface area contributed by atoms with E-state index in [1.165, 1.54) is 48.2 Å². The van der Waals surface area contributed by atoms with Crippen molar-refractivity contribution in [2.24, 2.45) is 9.98 Å². The SMILES string of the molecule is CC1(C)N=C(SCC(=O)Nc2ccc(F)cc2)C(c2ccc(F)cc2)=N1. The standard InChI is InChI=1S/C19H17F2N3OS/c1-19(2)23-17(12-3-5-13(20)6-4-12)18(24-19)26-11-16(25)22-15-9-7-14(21)8-10-15/h3-10H,11H2,1-2H3,(H,22,25). The average Bonchev–Trinajstić information content (AvgIpc) is 2.91. The summed E-state index contributed by atoms with van der Waals surface area (Å²) in [5.41, 5.74) is 1.30.